The van der Waals surface area contributed by atoms with Crippen molar-refractivity contribution < 1.29 is 19.3 Å². The summed E-state index contributed by atoms with van der Waals surface area (Å²) in [7, 11) is 5.81. The Kier molecular flexibility index (Phi) is 8.15. The van der Waals surface area contributed by atoms with E-state index in [4.69, 9.17) is 14.2 Å². The first-order valence-corrected chi connectivity index (χ1v) is 10.7. The zero-order valence-corrected chi connectivity index (χ0v) is 18.2. The van der Waals surface area contributed by atoms with E-state index in [0.717, 1.165) is 76.8 Å². The summed E-state index contributed by atoms with van der Waals surface area (Å²) in [6.45, 7) is 8.19. The van der Waals surface area contributed by atoms with Crippen molar-refractivity contribution in [3.8, 4) is 11.5 Å². The Morgan fingerprint density at radius 2 is 1.93 bits per heavy atom. The van der Waals surface area contributed by atoms with Gasteiger partial charge in [0.05, 0.1) is 32.5 Å². The van der Waals surface area contributed by atoms with Gasteiger partial charge in [-0.15, -0.1) is 0 Å². The second kappa shape index (κ2) is 10.6. The maximum Gasteiger partial charge on any atom is 0.161 e. The number of benzene rings is 1. The largest absolute Gasteiger partial charge is 0.493 e. The molecule has 2 aliphatic rings. The quantitative estimate of drug-likeness (QED) is 0.587. The number of ether oxygens (including phenoxy) is 3. The molecule has 0 unspecified atom stereocenters. The molecule has 1 N–H and O–H groups in total. The predicted octanol–water partition coefficient (Wildman–Crippen LogP) is 1.29. The molecule has 3 rings (SSSR count). The van der Waals surface area contributed by atoms with E-state index < -0.39 is 5.60 Å². The van der Waals surface area contributed by atoms with E-state index in [1.165, 1.54) is 5.56 Å². The van der Waals surface area contributed by atoms with E-state index in [-0.39, 0.29) is 0 Å². The lowest BCUT2D eigenvalue weighted by Crippen LogP contribution is -2.48. The van der Waals surface area contributed by atoms with E-state index in [1.54, 1.807) is 7.11 Å². The Bertz CT molecular complexity index is 636. The summed E-state index contributed by atoms with van der Waals surface area (Å²) in [5.41, 5.74) is 0.551. The Hall–Kier alpha value is -1.38. The van der Waals surface area contributed by atoms with E-state index in [0.29, 0.717) is 13.2 Å². The zero-order valence-electron chi connectivity index (χ0n) is 18.2. The average molecular weight is 408 g/mol. The van der Waals surface area contributed by atoms with Gasteiger partial charge in [0, 0.05) is 45.8 Å². The smallest absolute Gasteiger partial charge is 0.161 e. The Balaban J connectivity index is 1.50. The molecule has 7 heteroatoms. The molecule has 0 radical (unpaired) electrons. The third-order valence-electron chi connectivity index (χ3n) is 5.67. The Labute approximate surface area is 175 Å². The van der Waals surface area contributed by atoms with Crippen molar-refractivity contribution in [1.29, 1.82) is 0 Å². The number of rotatable bonds is 10. The Morgan fingerprint density at radius 3 is 2.66 bits per heavy atom. The van der Waals surface area contributed by atoms with Gasteiger partial charge in [-0.3, -0.25) is 9.80 Å². The number of methoxy groups -OCH3 is 1. The molecule has 0 aromatic heterocycles. The molecular weight excluding hydrogens is 370 g/mol. The molecule has 2 aliphatic heterocycles. The fourth-order valence-electron chi connectivity index (χ4n) is 4.13. The molecule has 2 fully saturated rings. The molecule has 2 heterocycles. The molecule has 29 heavy (non-hydrogen) atoms. The number of nitrogens with zero attached hydrogens (tertiary/aromatic N) is 3. The molecule has 7 nitrogen and oxygen atoms in total. The normalized spacial score (nSPS) is 23.6. The lowest BCUT2D eigenvalue weighted by atomic mass is 10.0. The van der Waals surface area contributed by atoms with Gasteiger partial charge in [0.2, 0.25) is 0 Å². The number of aliphatic hydroxyl groups is 1. The fraction of sp³-hybridized carbons (Fsp3) is 0.727. The van der Waals surface area contributed by atoms with Crippen LogP contribution in [0.25, 0.3) is 0 Å². The van der Waals surface area contributed by atoms with Crippen LogP contribution in [0.3, 0.4) is 0 Å². The van der Waals surface area contributed by atoms with E-state index >= 15 is 0 Å². The van der Waals surface area contributed by atoms with Gasteiger partial charge < -0.3 is 24.2 Å². The SMILES string of the molecule is COc1cc(CN2CC[C@](O)(CN3CCOCC3)C2)ccc1OCCCN(C)C. The highest BCUT2D eigenvalue weighted by molar-refractivity contribution is 5.43. The van der Waals surface area contributed by atoms with Crippen LogP contribution in [-0.2, 0) is 11.3 Å². The summed E-state index contributed by atoms with van der Waals surface area (Å²) >= 11 is 0. The number of morpholine rings is 1. The zero-order chi connectivity index (χ0) is 20.7. The van der Waals surface area contributed by atoms with E-state index in [2.05, 4.69) is 40.9 Å². The molecule has 0 aliphatic carbocycles. The summed E-state index contributed by atoms with van der Waals surface area (Å²) < 4.78 is 16.9. The van der Waals surface area contributed by atoms with Crippen molar-refractivity contribution in [1.82, 2.24) is 14.7 Å². The first kappa shape index (κ1) is 22.3. The van der Waals surface area contributed by atoms with Crippen molar-refractivity contribution in [3.05, 3.63) is 23.8 Å². The van der Waals surface area contributed by atoms with Gasteiger partial charge in [-0.25, -0.2) is 0 Å². The summed E-state index contributed by atoms with van der Waals surface area (Å²) in [5.74, 6) is 1.57. The molecular formula is C22H37N3O4. The molecule has 1 atom stereocenters. The molecule has 1 aromatic carbocycles. The Morgan fingerprint density at radius 1 is 1.14 bits per heavy atom. The second-order valence-corrected chi connectivity index (χ2v) is 8.56. The first-order valence-electron chi connectivity index (χ1n) is 10.7. The highest BCUT2D eigenvalue weighted by Gasteiger charge is 2.37. The highest BCUT2D eigenvalue weighted by atomic mass is 16.5. The minimum atomic E-state index is -0.628. The summed E-state index contributed by atoms with van der Waals surface area (Å²) in [6, 6.07) is 6.16. The lowest BCUT2D eigenvalue weighted by molar-refractivity contribution is -0.0266. The molecule has 1 aromatic rings. The number of β-amino-alcohol motifs (C(OH)–C–C–N with tert-alkyl or cyclic N) is 1. The molecule has 0 spiro atoms. The molecule has 0 amide bonds. The van der Waals surface area contributed by atoms with E-state index in [9.17, 15) is 5.11 Å². The van der Waals surface area contributed by atoms with Crippen molar-refractivity contribution in [2.75, 3.05) is 80.3 Å². The third-order valence-corrected chi connectivity index (χ3v) is 5.67. The van der Waals surface area contributed by atoms with E-state index in [1.807, 2.05) is 6.07 Å². The highest BCUT2D eigenvalue weighted by Crippen LogP contribution is 2.30. The van der Waals surface area contributed by atoms with Crippen molar-refractivity contribution in [2.45, 2.75) is 25.0 Å². The number of hydrogen-bond acceptors (Lipinski definition) is 7. The van der Waals surface area contributed by atoms with Gasteiger partial charge in [-0.2, -0.15) is 0 Å². The summed E-state index contributed by atoms with van der Waals surface area (Å²) in [6.07, 6.45) is 1.79. The number of hydrogen-bond donors (Lipinski definition) is 1. The van der Waals surface area contributed by atoms with Crippen molar-refractivity contribution in [3.63, 3.8) is 0 Å². The lowest BCUT2D eigenvalue weighted by Gasteiger charge is -2.33. The van der Waals surface area contributed by atoms with Crippen LogP contribution in [0.15, 0.2) is 18.2 Å². The topological polar surface area (TPSA) is 57.6 Å². The van der Waals surface area contributed by atoms with Gasteiger partial charge >= 0.3 is 0 Å². The van der Waals surface area contributed by atoms with Crippen LogP contribution in [0.4, 0.5) is 0 Å². The van der Waals surface area contributed by atoms with Crippen LogP contribution in [0.2, 0.25) is 0 Å². The second-order valence-electron chi connectivity index (χ2n) is 8.56. The molecule has 2 saturated heterocycles. The third kappa shape index (κ3) is 6.83. The van der Waals surface area contributed by atoms with Gasteiger partial charge in [0.1, 0.15) is 0 Å². The van der Waals surface area contributed by atoms with Crippen LogP contribution in [-0.4, -0.2) is 106 Å². The minimum Gasteiger partial charge on any atom is -0.493 e. The predicted molar refractivity (Wildman–Crippen MR) is 114 cm³/mol. The monoisotopic (exact) mass is 407 g/mol. The van der Waals surface area contributed by atoms with Crippen LogP contribution in [0, 0.1) is 0 Å². The van der Waals surface area contributed by atoms with Crippen LogP contribution in [0.1, 0.15) is 18.4 Å². The summed E-state index contributed by atoms with van der Waals surface area (Å²) in [4.78, 5) is 6.80. The van der Waals surface area contributed by atoms with Crippen LogP contribution < -0.4 is 9.47 Å². The van der Waals surface area contributed by atoms with Gasteiger partial charge in [-0.05, 0) is 44.6 Å². The minimum absolute atomic E-state index is 0.628. The standard InChI is InChI=1S/C22H37N3O4/c1-23(2)8-4-12-29-20-6-5-19(15-21(20)27-3)16-25-9-7-22(26,18-25)17-24-10-13-28-14-11-24/h5-6,15,26H,4,7-14,16-18H2,1-3H3/t22-/m0/s1. The maximum atomic E-state index is 11.0. The average Bonchev–Trinajstić information content (AvgIpc) is 3.06. The van der Waals surface area contributed by atoms with Crippen LogP contribution >= 0.6 is 0 Å². The van der Waals surface area contributed by atoms with Crippen molar-refractivity contribution >= 4 is 0 Å². The van der Waals surface area contributed by atoms with Gasteiger partial charge in [0.25, 0.3) is 0 Å². The summed E-state index contributed by atoms with van der Waals surface area (Å²) in [5, 5.41) is 11.0. The number of likely N-dealkylation sites (tertiary alicyclic amines) is 1. The van der Waals surface area contributed by atoms with Crippen molar-refractivity contribution in [2.24, 2.45) is 0 Å². The van der Waals surface area contributed by atoms with Gasteiger partial charge in [0.15, 0.2) is 11.5 Å². The molecule has 0 saturated carbocycles. The maximum absolute atomic E-state index is 11.0. The first-order chi connectivity index (χ1) is 14.0. The fourth-order valence-corrected chi connectivity index (χ4v) is 4.13. The van der Waals surface area contributed by atoms with Gasteiger partial charge in [-0.1, -0.05) is 6.07 Å². The molecule has 0 bridgehead atoms. The molecule has 164 valence electrons. The van der Waals surface area contributed by atoms with Crippen LogP contribution in [0.5, 0.6) is 11.5 Å².